The zero-order chi connectivity index (χ0) is 26.1. The van der Waals surface area contributed by atoms with Gasteiger partial charge in [0.25, 0.3) is 11.8 Å². The van der Waals surface area contributed by atoms with E-state index in [1.807, 2.05) is 24.1 Å². The van der Waals surface area contributed by atoms with Gasteiger partial charge in [0.2, 0.25) is 5.78 Å². The van der Waals surface area contributed by atoms with Crippen molar-refractivity contribution in [2.24, 2.45) is 5.92 Å². The van der Waals surface area contributed by atoms with Crippen LogP contribution in [-0.4, -0.2) is 54.2 Å². The summed E-state index contributed by atoms with van der Waals surface area (Å²) in [5.74, 6) is -2.02. The van der Waals surface area contributed by atoms with E-state index in [1.54, 1.807) is 28.6 Å². The van der Waals surface area contributed by atoms with Crippen LogP contribution in [0.1, 0.15) is 40.2 Å². The lowest BCUT2D eigenvalue weighted by Crippen LogP contribution is -2.39. The highest BCUT2D eigenvalue weighted by Crippen LogP contribution is 2.40. The van der Waals surface area contributed by atoms with Crippen LogP contribution in [-0.2, 0) is 16.0 Å². The van der Waals surface area contributed by atoms with Gasteiger partial charge in [-0.2, -0.15) is 0 Å². The first-order valence-electron chi connectivity index (χ1n) is 12.1. The highest BCUT2D eigenvalue weighted by Gasteiger charge is 2.37. The van der Waals surface area contributed by atoms with Crippen molar-refractivity contribution in [2.75, 3.05) is 36.9 Å². The summed E-state index contributed by atoms with van der Waals surface area (Å²) in [4.78, 5) is 46.7. The van der Waals surface area contributed by atoms with Crippen molar-refractivity contribution < 1.29 is 18.8 Å². The number of Topliss-reactive ketones (excluding diaryl/α,β-unsaturated/α-hetero) is 1. The van der Waals surface area contributed by atoms with E-state index < -0.39 is 17.6 Å². The molecule has 10 heteroatoms. The van der Waals surface area contributed by atoms with E-state index in [2.05, 4.69) is 10.3 Å². The molecule has 1 unspecified atom stereocenters. The molecule has 2 aliphatic heterocycles. The molecule has 7 nitrogen and oxygen atoms in total. The Balaban J connectivity index is 1.28. The Labute approximate surface area is 223 Å². The van der Waals surface area contributed by atoms with Crippen LogP contribution in [0.3, 0.4) is 0 Å². The summed E-state index contributed by atoms with van der Waals surface area (Å²) in [6.07, 6.45) is 4.08. The van der Waals surface area contributed by atoms with Crippen molar-refractivity contribution in [1.82, 2.24) is 9.88 Å². The molecular weight excluding hydrogens is 515 g/mol. The molecule has 37 heavy (non-hydrogen) atoms. The molecule has 0 spiro atoms. The molecule has 1 saturated heterocycles. The zero-order valence-corrected chi connectivity index (χ0v) is 21.8. The fourth-order valence-corrected chi connectivity index (χ4v) is 5.88. The van der Waals surface area contributed by atoms with Gasteiger partial charge in [-0.3, -0.25) is 19.7 Å². The number of rotatable bonds is 6. The number of hydrogen-bond acceptors (Lipinski definition) is 6. The van der Waals surface area contributed by atoms with Crippen molar-refractivity contribution in [3.63, 3.8) is 0 Å². The van der Waals surface area contributed by atoms with Crippen LogP contribution in [0.25, 0.3) is 0 Å². The number of halogens is 2. The molecule has 2 aromatic carbocycles. The smallest absolute Gasteiger partial charge is 0.294 e. The minimum Gasteiger partial charge on any atom is -0.373 e. The molecule has 2 aliphatic rings. The number of benzene rings is 2. The molecule has 1 aromatic heterocycles. The third-order valence-corrected chi connectivity index (χ3v) is 8.12. The van der Waals surface area contributed by atoms with Gasteiger partial charge in [0.1, 0.15) is 5.82 Å². The van der Waals surface area contributed by atoms with Crippen LogP contribution in [0.4, 0.5) is 15.2 Å². The molecule has 1 fully saturated rings. The molecular formula is C27H26ClFN4O3S. The minimum atomic E-state index is -0.729. The molecule has 1 atom stereocenters. The Morgan fingerprint density at radius 2 is 1.89 bits per heavy atom. The maximum atomic E-state index is 13.4. The number of fused-ring (bicyclic) bond motifs is 1. The molecule has 5 rings (SSSR count). The number of likely N-dealkylation sites (N-methyl/N-ethyl adjacent to an activating group) is 1. The quantitative estimate of drug-likeness (QED) is 0.455. The van der Waals surface area contributed by atoms with Gasteiger partial charge >= 0.3 is 0 Å². The summed E-state index contributed by atoms with van der Waals surface area (Å²) in [6, 6.07) is 9.95. The Morgan fingerprint density at radius 3 is 2.57 bits per heavy atom. The van der Waals surface area contributed by atoms with Gasteiger partial charge in [-0.15, -0.1) is 11.3 Å². The molecule has 2 amide bonds. The molecule has 3 heterocycles. The van der Waals surface area contributed by atoms with Gasteiger partial charge in [0.15, 0.2) is 5.13 Å². The van der Waals surface area contributed by atoms with E-state index in [9.17, 15) is 18.8 Å². The van der Waals surface area contributed by atoms with Gasteiger partial charge in [0, 0.05) is 43.9 Å². The Hall–Kier alpha value is -3.30. The Kier molecular flexibility index (Phi) is 7.26. The van der Waals surface area contributed by atoms with Gasteiger partial charge in [-0.1, -0.05) is 23.7 Å². The first-order chi connectivity index (χ1) is 17.8. The lowest BCUT2D eigenvalue weighted by atomic mass is 9.89. The number of piperidine rings is 1. The predicted octanol–water partition coefficient (Wildman–Crippen LogP) is 4.77. The molecule has 192 valence electrons. The Morgan fingerprint density at radius 1 is 1.16 bits per heavy atom. The highest BCUT2D eigenvalue weighted by atomic mass is 35.5. The second kappa shape index (κ2) is 10.6. The predicted molar refractivity (Wildman–Crippen MR) is 142 cm³/mol. The number of nitrogens with one attached hydrogen (secondary N) is 1. The number of anilines is 2. The van der Waals surface area contributed by atoms with Crippen LogP contribution in [0.2, 0.25) is 5.02 Å². The number of hydrogen-bond donors (Lipinski definition) is 1. The molecule has 0 aliphatic carbocycles. The van der Waals surface area contributed by atoms with E-state index in [4.69, 9.17) is 11.6 Å². The van der Waals surface area contributed by atoms with Crippen LogP contribution < -0.4 is 10.2 Å². The van der Waals surface area contributed by atoms with Crippen molar-refractivity contribution in [3.8, 4) is 0 Å². The summed E-state index contributed by atoms with van der Waals surface area (Å²) in [5, 5.41) is 4.95. The Bertz CT molecular complexity index is 1320. The van der Waals surface area contributed by atoms with Gasteiger partial charge < -0.3 is 9.80 Å². The highest BCUT2D eigenvalue weighted by molar-refractivity contribution is 7.13. The van der Waals surface area contributed by atoms with Gasteiger partial charge in [-0.05, 0) is 60.6 Å². The summed E-state index contributed by atoms with van der Waals surface area (Å²) in [6.45, 7) is 1.51. The average molecular weight is 541 g/mol. The SMILES string of the molecule is CN1CC(C(=O)C(=O)Nc2nccs2)c2cc(C(=O)N3CCC(Cc4ccc(F)cc4)CC3)c(Cl)cc21. The second-order valence-corrected chi connectivity index (χ2v) is 10.8. The van der Waals surface area contributed by atoms with Crippen molar-refractivity contribution in [3.05, 3.63) is 75.5 Å². The van der Waals surface area contributed by atoms with Gasteiger partial charge in [-0.25, -0.2) is 9.37 Å². The van der Waals surface area contributed by atoms with E-state index in [1.165, 1.54) is 23.5 Å². The maximum absolute atomic E-state index is 13.4. The number of likely N-dealkylation sites (tertiary alicyclic amines) is 1. The molecule has 0 saturated carbocycles. The summed E-state index contributed by atoms with van der Waals surface area (Å²) in [7, 11) is 1.83. The van der Waals surface area contributed by atoms with Gasteiger partial charge in [0.05, 0.1) is 16.5 Å². The van der Waals surface area contributed by atoms with E-state index in [0.717, 1.165) is 30.5 Å². The third-order valence-electron chi connectivity index (χ3n) is 7.12. The fourth-order valence-electron chi connectivity index (χ4n) is 5.11. The van der Waals surface area contributed by atoms with E-state index >= 15 is 0 Å². The zero-order valence-electron chi connectivity index (χ0n) is 20.2. The normalized spacial score (nSPS) is 17.5. The number of carbonyl (C=O) groups excluding carboxylic acids is 3. The number of aromatic nitrogens is 1. The molecule has 1 N–H and O–H groups in total. The molecule has 0 radical (unpaired) electrons. The summed E-state index contributed by atoms with van der Waals surface area (Å²) < 4.78 is 13.2. The largest absolute Gasteiger partial charge is 0.373 e. The van der Waals surface area contributed by atoms with Crippen molar-refractivity contribution in [2.45, 2.75) is 25.2 Å². The lowest BCUT2D eigenvalue weighted by Gasteiger charge is -2.32. The summed E-state index contributed by atoms with van der Waals surface area (Å²) >= 11 is 7.78. The topological polar surface area (TPSA) is 82.6 Å². The van der Waals surface area contributed by atoms with Crippen LogP contribution in [0.5, 0.6) is 0 Å². The first kappa shape index (κ1) is 25.4. The van der Waals surface area contributed by atoms with Crippen molar-refractivity contribution in [1.29, 1.82) is 0 Å². The average Bonchev–Trinajstić information content (AvgIpc) is 3.52. The number of thiazole rings is 1. The van der Waals surface area contributed by atoms with Crippen LogP contribution >= 0.6 is 22.9 Å². The standard InChI is InChI=1S/C27H26ClFN4O3S/c1-32-15-21(24(34)25(35)31-27-30-8-11-37-27)19-13-20(22(28)14-23(19)32)26(36)33-9-6-17(7-10-33)12-16-2-4-18(29)5-3-16/h2-5,8,11,13-14,17,21H,6-7,9-10,12,15H2,1H3,(H,30,31,35). The lowest BCUT2D eigenvalue weighted by molar-refractivity contribution is -0.135. The number of carbonyl (C=O) groups is 3. The minimum absolute atomic E-state index is 0.180. The van der Waals surface area contributed by atoms with Crippen LogP contribution in [0, 0.1) is 11.7 Å². The molecule has 0 bridgehead atoms. The van der Waals surface area contributed by atoms with E-state index in [-0.39, 0.29) is 11.7 Å². The maximum Gasteiger partial charge on any atom is 0.294 e. The summed E-state index contributed by atoms with van der Waals surface area (Å²) in [5.41, 5.74) is 2.79. The van der Waals surface area contributed by atoms with Crippen LogP contribution in [0.15, 0.2) is 48.0 Å². The van der Waals surface area contributed by atoms with E-state index in [0.29, 0.717) is 46.8 Å². The monoisotopic (exact) mass is 540 g/mol. The van der Waals surface area contributed by atoms with Crippen molar-refractivity contribution >= 4 is 51.4 Å². The second-order valence-electron chi connectivity index (χ2n) is 9.55. The number of ketones is 1. The third kappa shape index (κ3) is 5.38. The number of nitrogens with zero attached hydrogens (tertiary/aromatic N) is 3. The first-order valence-corrected chi connectivity index (χ1v) is 13.4. The molecule has 3 aromatic rings. The fraction of sp³-hybridized carbons (Fsp3) is 0.333. The number of amides is 2.